The van der Waals surface area contributed by atoms with E-state index in [2.05, 4.69) is 22.2 Å². The van der Waals surface area contributed by atoms with E-state index in [1.165, 1.54) is 29.1 Å². The molecule has 1 aliphatic rings. The van der Waals surface area contributed by atoms with Crippen LogP contribution in [0.25, 0.3) is 11.3 Å². The average molecular weight is 486 g/mol. The van der Waals surface area contributed by atoms with E-state index >= 15 is 0 Å². The summed E-state index contributed by atoms with van der Waals surface area (Å²) >= 11 is 0. The van der Waals surface area contributed by atoms with Crippen molar-refractivity contribution in [3.63, 3.8) is 0 Å². The van der Waals surface area contributed by atoms with Crippen LogP contribution in [0.15, 0.2) is 64.0 Å². The molecule has 34 heavy (non-hydrogen) atoms. The number of carbonyl (C=O) groups excluding carboxylic acids is 1. The summed E-state index contributed by atoms with van der Waals surface area (Å²) in [6.45, 7) is 4.69. The molecule has 1 saturated heterocycles. The number of aromatic nitrogens is 1. The first-order valence-corrected chi connectivity index (χ1v) is 12.4. The van der Waals surface area contributed by atoms with Gasteiger partial charge >= 0.3 is 5.97 Å². The highest BCUT2D eigenvalue weighted by Crippen LogP contribution is 2.32. The normalized spacial score (nSPS) is 15.2. The standard InChI is InChI=1S/C24H27N3O6S/c1-3-32-24(28)20-16-22(33-25-20)19-9-10-21(31-2)23(15-19)34(29,30)27-13-11-26(12-14-27)17-18-7-5-4-6-8-18/h4-10,15-16H,3,11-14,17H2,1-2H3. The van der Waals surface area contributed by atoms with Gasteiger partial charge in [0.15, 0.2) is 11.5 Å². The van der Waals surface area contributed by atoms with E-state index in [0.717, 1.165) is 6.54 Å². The second-order valence-electron chi connectivity index (χ2n) is 7.83. The molecule has 0 spiro atoms. The van der Waals surface area contributed by atoms with Gasteiger partial charge in [-0.1, -0.05) is 35.5 Å². The Hall–Kier alpha value is -3.21. The molecule has 10 heteroatoms. The fraction of sp³-hybridized carbons (Fsp3) is 0.333. The van der Waals surface area contributed by atoms with Crippen LogP contribution in [0, 0.1) is 0 Å². The summed E-state index contributed by atoms with van der Waals surface area (Å²) in [6, 6.07) is 16.3. The summed E-state index contributed by atoms with van der Waals surface area (Å²) < 4.78 is 44.1. The van der Waals surface area contributed by atoms with Crippen LogP contribution in [-0.4, -0.2) is 68.6 Å². The van der Waals surface area contributed by atoms with Gasteiger partial charge in [-0.15, -0.1) is 0 Å². The van der Waals surface area contributed by atoms with Gasteiger partial charge < -0.3 is 14.0 Å². The third-order valence-corrected chi connectivity index (χ3v) is 7.56. The molecule has 2 heterocycles. The molecule has 0 amide bonds. The Morgan fingerprint density at radius 3 is 2.47 bits per heavy atom. The van der Waals surface area contributed by atoms with Gasteiger partial charge in [0.25, 0.3) is 0 Å². The monoisotopic (exact) mass is 485 g/mol. The number of piperazine rings is 1. The first-order valence-electron chi connectivity index (χ1n) is 11.0. The van der Waals surface area contributed by atoms with Crippen LogP contribution < -0.4 is 4.74 Å². The minimum atomic E-state index is -3.82. The molecule has 0 unspecified atom stereocenters. The maximum atomic E-state index is 13.5. The van der Waals surface area contributed by atoms with Crippen LogP contribution in [0.3, 0.4) is 0 Å². The van der Waals surface area contributed by atoms with Gasteiger partial charge in [0, 0.05) is 44.4 Å². The number of hydrogen-bond acceptors (Lipinski definition) is 8. The quantitative estimate of drug-likeness (QED) is 0.449. The zero-order chi connectivity index (χ0) is 24.1. The predicted octanol–water partition coefficient (Wildman–Crippen LogP) is 3.03. The van der Waals surface area contributed by atoms with Gasteiger partial charge in [0.05, 0.1) is 13.7 Å². The first-order chi connectivity index (χ1) is 16.4. The van der Waals surface area contributed by atoms with Gasteiger partial charge in [-0.25, -0.2) is 13.2 Å². The average Bonchev–Trinajstić information content (AvgIpc) is 3.35. The SMILES string of the molecule is CCOC(=O)c1cc(-c2ccc(OC)c(S(=O)(=O)N3CCN(Cc4ccccc4)CC3)c2)on1. The molecule has 4 rings (SSSR count). The second-order valence-corrected chi connectivity index (χ2v) is 9.73. The number of hydrogen-bond donors (Lipinski definition) is 0. The van der Waals surface area contributed by atoms with E-state index in [-0.39, 0.29) is 28.7 Å². The molecule has 1 aromatic heterocycles. The third kappa shape index (κ3) is 5.14. The van der Waals surface area contributed by atoms with Crippen molar-refractivity contribution in [2.24, 2.45) is 0 Å². The highest BCUT2D eigenvalue weighted by atomic mass is 32.2. The maximum Gasteiger partial charge on any atom is 0.360 e. The number of ether oxygens (including phenoxy) is 2. The Bertz CT molecular complexity index is 1230. The lowest BCUT2D eigenvalue weighted by Gasteiger charge is -2.34. The smallest absolute Gasteiger partial charge is 0.360 e. The van der Waals surface area contributed by atoms with Gasteiger partial charge in [-0.05, 0) is 30.7 Å². The molecule has 0 bridgehead atoms. The largest absolute Gasteiger partial charge is 0.495 e. The van der Waals surface area contributed by atoms with Gasteiger partial charge in [0.2, 0.25) is 10.0 Å². The van der Waals surface area contributed by atoms with Gasteiger partial charge in [-0.2, -0.15) is 4.31 Å². The summed E-state index contributed by atoms with van der Waals surface area (Å²) in [4.78, 5) is 14.2. The molecule has 0 atom stereocenters. The van der Waals surface area contributed by atoms with E-state index in [0.29, 0.717) is 31.7 Å². The minimum Gasteiger partial charge on any atom is -0.495 e. The van der Waals surface area contributed by atoms with E-state index in [9.17, 15) is 13.2 Å². The molecule has 1 aliphatic heterocycles. The van der Waals surface area contributed by atoms with Crippen molar-refractivity contribution in [3.05, 3.63) is 65.9 Å². The number of esters is 1. The summed E-state index contributed by atoms with van der Waals surface area (Å²) in [5.74, 6) is -0.109. The lowest BCUT2D eigenvalue weighted by atomic mass is 10.1. The molecule has 0 aliphatic carbocycles. The predicted molar refractivity (Wildman–Crippen MR) is 125 cm³/mol. The summed E-state index contributed by atoms with van der Waals surface area (Å²) in [6.07, 6.45) is 0. The van der Waals surface area contributed by atoms with E-state index in [1.54, 1.807) is 19.1 Å². The molecular formula is C24H27N3O6S. The minimum absolute atomic E-state index is 0.0200. The van der Waals surface area contributed by atoms with Crippen molar-refractivity contribution in [1.29, 1.82) is 0 Å². The fourth-order valence-electron chi connectivity index (χ4n) is 3.85. The third-order valence-electron chi connectivity index (χ3n) is 5.64. The number of sulfonamides is 1. The van der Waals surface area contributed by atoms with Crippen LogP contribution >= 0.6 is 0 Å². The Balaban J connectivity index is 1.53. The van der Waals surface area contributed by atoms with Crippen molar-refractivity contribution in [1.82, 2.24) is 14.4 Å². The van der Waals surface area contributed by atoms with Gasteiger partial charge in [-0.3, -0.25) is 4.90 Å². The lowest BCUT2D eigenvalue weighted by molar-refractivity contribution is 0.0514. The van der Waals surface area contributed by atoms with Crippen molar-refractivity contribution in [3.8, 4) is 17.1 Å². The molecule has 0 radical (unpaired) electrons. The van der Waals surface area contributed by atoms with Crippen molar-refractivity contribution in [2.75, 3.05) is 39.9 Å². The van der Waals surface area contributed by atoms with Crippen LogP contribution in [0.4, 0.5) is 0 Å². The lowest BCUT2D eigenvalue weighted by Crippen LogP contribution is -2.48. The molecule has 3 aromatic rings. The van der Waals surface area contributed by atoms with Gasteiger partial charge in [0.1, 0.15) is 10.6 Å². The Labute approximate surface area is 198 Å². The van der Waals surface area contributed by atoms with Crippen molar-refractivity contribution in [2.45, 2.75) is 18.4 Å². The molecule has 2 aromatic carbocycles. The summed E-state index contributed by atoms with van der Waals surface area (Å²) in [7, 11) is -2.39. The van der Waals surface area contributed by atoms with Crippen LogP contribution in [0.2, 0.25) is 0 Å². The van der Waals surface area contributed by atoms with Crippen LogP contribution in [-0.2, 0) is 21.3 Å². The summed E-state index contributed by atoms with van der Waals surface area (Å²) in [5, 5.41) is 3.73. The molecule has 9 nitrogen and oxygen atoms in total. The van der Waals surface area contributed by atoms with E-state index in [1.807, 2.05) is 18.2 Å². The van der Waals surface area contributed by atoms with Crippen LogP contribution in [0.1, 0.15) is 23.0 Å². The number of carbonyl (C=O) groups is 1. The van der Waals surface area contributed by atoms with E-state index < -0.39 is 16.0 Å². The number of rotatable bonds is 8. The van der Waals surface area contributed by atoms with Crippen molar-refractivity contribution < 1.29 is 27.2 Å². The maximum absolute atomic E-state index is 13.5. The van der Waals surface area contributed by atoms with Crippen molar-refractivity contribution >= 4 is 16.0 Å². The Kier molecular flexibility index (Phi) is 7.30. The Morgan fingerprint density at radius 1 is 1.06 bits per heavy atom. The van der Waals surface area contributed by atoms with E-state index in [4.69, 9.17) is 14.0 Å². The number of methoxy groups -OCH3 is 1. The highest BCUT2D eigenvalue weighted by molar-refractivity contribution is 7.89. The Morgan fingerprint density at radius 2 is 1.79 bits per heavy atom. The number of benzene rings is 2. The topological polar surface area (TPSA) is 102 Å². The highest BCUT2D eigenvalue weighted by Gasteiger charge is 2.31. The fourth-order valence-corrected chi connectivity index (χ4v) is 5.46. The summed E-state index contributed by atoms with van der Waals surface area (Å²) in [5.41, 5.74) is 1.68. The molecular weight excluding hydrogens is 458 g/mol. The molecule has 0 saturated carbocycles. The molecule has 0 N–H and O–H groups in total. The molecule has 180 valence electrons. The van der Waals surface area contributed by atoms with Crippen LogP contribution in [0.5, 0.6) is 5.75 Å². The second kappa shape index (κ2) is 10.4. The zero-order valence-corrected chi connectivity index (χ0v) is 20.0. The molecule has 1 fully saturated rings. The number of nitrogens with zero attached hydrogens (tertiary/aromatic N) is 3. The zero-order valence-electron chi connectivity index (χ0n) is 19.1. The first kappa shape index (κ1) is 23.9.